The second-order valence-electron chi connectivity index (χ2n) is 5.51. The van der Waals surface area contributed by atoms with Crippen molar-refractivity contribution in [3.63, 3.8) is 0 Å². The molecular formula is C14H28O3. The van der Waals surface area contributed by atoms with E-state index in [2.05, 4.69) is 6.92 Å². The van der Waals surface area contributed by atoms with Gasteiger partial charge in [0.2, 0.25) is 0 Å². The lowest BCUT2D eigenvalue weighted by molar-refractivity contribution is -0.151. The van der Waals surface area contributed by atoms with Gasteiger partial charge in [-0.15, -0.1) is 0 Å². The molecule has 17 heavy (non-hydrogen) atoms. The Hall–Kier alpha value is -0.570. The Kier molecular flexibility index (Phi) is 6.76. The second kappa shape index (κ2) is 7.00. The Morgan fingerprint density at radius 3 is 2.12 bits per heavy atom. The Labute approximate surface area is 106 Å². The second-order valence-corrected chi connectivity index (χ2v) is 5.51. The number of rotatable bonds is 9. The monoisotopic (exact) mass is 244 g/mol. The van der Waals surface area contributed by atoms with E-state index in [9.17, 15) is 9.90 Å². The minimum atomic E-state index is -0.652. The lowest BCUT2D eigenvalue weighted by Gasteiger charge is -2.32. The van der Waals surface area contributed by atoms with E-state index < -0.39 is 11.4 Å². The lowest BCUT2D eigenvalue weighted by Crippen LogP contribution is -2.34. The van der Waals surface area contributed by atoms with E-state index in [1.165, 1.54) is 0 Å². The number of aliphatic carboxylic acids is 1. The van der Waals surface area contributed by atoms with Crippen molar-refractivity contribution in [3.8, 4) is 0 Å². The standard InChI is InChI=1S/C14H28O3/c1-6-8-9-14(7-2,12(15)16)11-10-13(3,4)17-5/h6-11H2,1-5H3,(H,15,16). The van der Waals surface area contributed by atoms with E-state index in [1.807, 2.05) is 20.8 Å². The summed E-state index contributed by atoms with van der Waals surface area (Å²) in [6.07, 6.45) is 4.97. The van der Waals surface area contributed by atoms with E-state index in [4.69, 9.17) is 4.74 Å². The van der Waals surface area contributed by atoms with Crippen molar-refractivity contribution in [2.75, 3.05) is 7.11 Å². The number of unbranched alkanes of at least 4 members (excludes halogenated alkanes) is 1. The summed E-state index contributed by atoms with van der Waals surface area (Å²) in [5.74, 6) is -0.652. The maximum Gasteiger partial charge on any atom is 0.309 e. The summed E-state index contributed by atoms with van der Waals surface area (Å²) in [7, 11) is 1.68. The van der Waals surface area contributed by atoms with Crippen LogP contribution >= 0.6 is 0 Å². The summed E-state index contributed by atoms with van der Waals surface area (Å²) in [5.41, 5.74) is -0.798. The largest absolute Gasteiger partial charge is 0.481 e. The first-order chi connectivity index (χ1) is 7.83. The van der Waals surface area contributed by atoms with Crippen LogP contribution in [0, 0.1) is 5.41 Å². The fourth-order valence-electron chi connectivity index (χ4n) is 2.00. The summed E-state index contributed by atoms with van der Waals surface area (Å²) in [4.78, 5) is 11.5. The number of methoxy groups -OCH3 is 1. The number of carboxylic acids is 1. The molecule has 0 heterocycles. The predicted molar refractivity (Wildman–Crippen MR) is 70.2 cm³/mol. The third-order valence-corrected chi connectivity index (χ3v) is 3.90. The van der Waals surface area contributed by atoms with Crippen LogP contribution in [0.2, 0.25) is 0 Å². The van der Waals surface area contributed by atoms with Crippen molar-refractivity contribution in [1.82, 2.24) is 0 Å². The zero-order valence-electron chi connectivity index (χ0n) is 12.0. The van der Waals surface area contributed by atoms with Crippen molar-refractivity contribution in [2.45, 2.75) is 71.8 Å². The van der Waals surface area contributed by atoms with Crippen LogP contribution in [0.1, 0.15) is 66.2 Å². The Morgan fingerprint density at radius 1 is 1.18 bits per heavy atom. The van der Waals surface area contributed by atoms with Crippen LogP contribution in [0.5, 0.6) is 0 Å². The van der Waals surface area contributed by atoms with Gasteiger partial charge >= 0.3 is 5.97 Å². The molecule has 0 aromatic rings. The lowest BCUT2D eigenvalue weighted by atomic mass is 9.74. The zero-order valence-corrected chi connectivity index (χ0v) is 12.0. The number of carboxylic acid groups (broad SMARTS) is 1. The third-order valence-electron chi connectivity index (χ3n) is 3.90. The van der Waals surface area contributed by atoms with Crippen molar-refractivity contribution < 1.29 is 14.6 Å². The van der Waals surface area contributed by atoms with Crippen molar-refractivity contribution in [1.29, 1.82) is 0 Å². The molecule has 0 aromatic heterocycles. The van der Waals surface area contributed by atoms with Crippen LogP contribution in [-0.2, 0) is 9.53 Å². The molecule has 0 saturated heterocycles. The highest BCUT2D eigenvalue weighted by molar-refractivity contribution is 5.74. The summed E-state index contributed by atoms with van der Waals surface area (Å²) in [5, 5.41) is 9.48. The van der Waals surface area contributed by atoms with E-state index in [-0.39, 0.29) is 5.60 Å². The van der Waals surface area contributed by atoms with Gasteiger partial charge in [-0.3, -0.25) is 4.79 Å². The molecule has 1 atom stereocenters. The highest BCUT2D eigenvalue weighted by Crippen LogP contribution is 2.36. The summed E-state index contributed by atoms with van der Waals surface area (Å²) in [6.45, 7) is 8.09. The molecule has 1 unspecified atom stereocenters. The normalized spacial score (nSPS) is 15.6. The zero-order chi connectivity index (χ0) is 13.5. The predicted octanol–water partition coefficient (Wildman–Crippen LogP) is 3.86. The van der Waals surface area contributed by atoms with Gasteiger partial charge in [-0.05, 0) is 39.5 Å². The van der Waals surface area contributed by atoms with E-state index in [1.54, 1.807) is 7.11 Å². The molecule has 0 rings (SSSR count). The molecule has 0 aliphatic carbocycles. The molecule has 1 N–H and O–H groups in total. The van der Waals surface area contributed by atoms with Gasteiger partial charge in [-0.1, -0.05) is 26.7 Å². The molecule has 3 heteroatoms. The fourth-order valence-corrected chi connectivity index (χ4v) is 2.00. The molecule has 0 aromatic carbocycles. The first-order valence-electron chi connectivity index (χ1n) is 6.62. The summed E-state index contributed by atoms with van der Waals surface area (Å²) < 4.78 is 5.37. The highest BCUT2D eigenvalue weighted by Gasteiger charge is 2.37. The number of hydrogen-bond donors (Lipinski definition) is 1. The van der Waals surface area contributed by atoms with Crippen LogP contribution < -0.4 is 0 Å². The average molecular weight is 244 g/mol. The summed E-state index contributed by atoms with van der Waals surface area (Å²) in [6, 6.07) is 0. The molecule has 3 nitrogen and oxygen atoms in total. The van der Waals surface area contributed by atoms with Gasteiger partial charge in [0, 0.05) is 7.11 Å². The van der Waals surface area contributed by atoms with Gasteiger partial charge in [0.15, 0.2) is 0 Å². The first kappa shape index (κ1) is 16.4. The van der Waals surface area contributed by atoms with Crippen molar-refractivity contribution >= 4 is 5.97 Å². The van der Waals surface area contributed by atoms with Crippen LogP contribution in [0.25, 0.3) is 0 Å². The maximum absolute atomic E-state index is 11.5. The average Bonchev–Trinajstić information content (AvgIpc) is 2.29. The molecule has 0 amide bonds. The van der Waals surface area contributed by atoms with Crippen molar-refractivity contribution in [3.05, 3.63) is 0 Å². The van der Waals surface area contributed by atoms with E-state index >= 15 is 0 Å². The Balaban J connectivity index is 4.63. The Morgan fingerprint density at radius 2 is 1.76 bits per heavy atom. The SMILES string of the molecule is CCCCC(CC)(CCC(C)(C)OC)C(=O)O. The van der Waals surface area contributed by atoms with Gasteiger partial charge in [0.25, 0.3) is 0 Å². The van der Waals surface area contributed by atoms with Crippen LogP contribution in [0.3, 0.4) is 0 Å². The molecule has 0 aliphatic rings. The first-order valence-corrected chi connectivity index (χ1v) is 6.62. The quantitative estimate of drug-likeness (QED) is 0.670. The molecule has 0 bridgehead atoms. The van der Waals surface area contributed by atoms with Crippen LogP contribution in [0.4, 0.5) is 0 Å². The topological polar surface area (TPSA) is 46.5 Å². The van der Waals surface area contributed by atoms with Gasteiger partial charge in [-0.25, -0.2) is 0 Å². The fraction of sp³-hybridized carbons (Fsp3) is 0.929. The molecular weight excluding hydrogens is 216 g/mol. The molecule has 0 radical (unpaired) electrons. The number of hydrogen-bond acceptors (Lipinski definition) is 2. The molecule has 0 spiro atoms. The maximum atomic E-state index is 11.5. The minimum Gasteiger partial charge on any atom is -0.481 e. The van der Waals surface area contributed by atoms with E-state index in [0.29, 0.717) is 12.8 Å². The third kappa shape index (κ3) is 5.07. The Bertz CT molecular complexity index is 236. The van der Waals surface area contributed by atoms with Gasteiger partial charge in [-0.2, -0.15) is 0 Å². The van der Waals surface area contributed by atoms with Crippen LogP contribution in [0.15, 0.2) is 0 Å². The van der Waals surface area contributed by atoms with Gasteiger partial charge < -0.3 is 9.84 Å². The minimum absolute atomic E-state index is 0.234. The number of carbonyl (C=O) groups is 1. The smallest absolute Gasteiger partial charge is 0.309 e. The molecule has 0 saturated carbocycles. The van der Waals surface area contributed by atoms with Gasteiger partial charge in [0.1, 0.15) is 0 Å². The van der Waals surface area contributed by atoms with Crippen LogP contribution in [-0.4, -0.2) is 23.8 Å². The van der Waals surface area contributed by atoms with Gasteiger partial charge in [0.05, 0.1) is 11.0 Å². The highest BCUT2D eigenvalue weighted by atomic mass is 16.5. The number of ether oxygens (including phenoxy) is 1. The molecule has 0 aliphatic heterocycles. The summed E-state index contributed by atoms with van der Waals surface area (Å²) >= 11 is 0. The van der Waals surface area contributed by atoms with Crippen molar-refractivity contribution in [2.24, 2.45) is 5.41 Å². The van der Waals surface area contributed by atoms with E-state index in [0.717, 1.165) is 25.7 Å². The molecule has 0 fully saturated rings. The molecule has 102 valence electrons.